The molecular weight excluding hydrogens is 314 g/mol. The summed E-state index contributed by atoms with van der Waals surface area (Å²) in [5, 5.41) is 3.65. The van der Waals surface area contributed by atoms with Crippen molar-refractivity contribution in [3.8, 4) is 0 Å². The first-order chi connectivity index (χ1) is 9.63. The second kappa shape index (κ2) is 7.65. The molecule has 2 atom stereocenters. The summed E-state index contributed by atoms with van der Waals surface area (Å²) >= 11 is 3.47. The van der Waals surface area contributed by atoms with Crippen molar-refractivity contribution in [2.45, 2.75) is 45.2 Å². The van der Waals surface area contributed by atoms with Crippen LogP contribution in [0.1, 0.15) is 31.6 Å². The average Bonchev–Trinajstić information content (AvgIpc) is 2.92. The van der Waals surface area contributed by atoms with Crippen molar-refractivity contribution in [2.75, 3.05) is 0 Å². The molecule has 0 bridgehead atoms. The highest BCUT2D eigenvalue weighted by molar-refractivity contribution is 9.10. The molecule has 0 aliphatic carbocycles. The van der Waals surface area contributed by atoms with Crippen LogP contribution < -0.4 is 5.32 Å². The molecule has 0 radical (unpaired) electrons. The maximum absolute atomic E-state index is 5.36. The summed E-state index contributed by atoms with van der Waals surface area (Å²) in [6.07, 6.45) is 4.88. The molecule has 2 aromatic rings. The SMILES string of the molecule is CC(CCc1ccco1)NC(C)Cc1ccc(Br)cc1. The van der Waals surface area contributed by atoms with Crippen molar-refractivity contribution in [1.82, 2.24) is 5.32 Å². The Bertz CT molecular complexity index is 492. The van der Waals surface area contributed by atoms with Crippen molar-refractivity contribution < 1.29 is 4.42 Å². The van der Waals surface area contributed by atoms with E-state index in [2.05, 4.69) is 59.4 Å². The number of halogens is 1. The molecule has 2 nitrogen and oxygen atoms in total. The van der Waals surface area contributed by atoms with E-state index in [0.717, 1.165) is 29.5 Å². The average molecular weight is 336 g/mol. The second-order valence-electron chi connectivity index (χ2n) is 5.42. The van der Waals surface area contributed by atoms with Gasteiger partial charge in [-0.25, -0.2) is 0 Å². The van der Waals surface area contributed by atoms with Gasteiger partial charge in [0.15, 0.2) is 0 Å². The zero-order valence-corrected chi connectivity index (χ0v) is 13.7. The van der Waals surface area contributed by atoms with Gasteiger partial charge in [0.1, 0.15) is 5.76 Å². The second-order valence-corrected chi connectivity index (χ2v) is 6.33. The number of aryl methyl sites for hydroxylation is 1. The van der Waals surface area contributed by atoms with Crippen molar-refractivity contribution in [1.29, 1.82) is 0 Å². The van der Waals surface area contributed by atoms with E-state index in [0.29, 0.717) is 12.1 Å². The van der Waals surface area contributed by atoms with E-state index in [1.807, 2.05) is 12.1 Å². The fourth-order valence-electron chi connectivity index (χ4n) is 2.42. The first kappa shape index (κ1) is 15.3. The van der Waals surface area contributed by atoms with Gasteiger partial charge in [-0.1, -0.05) is 28.1 Å². The first-order valence-corrected chi connectivity index (χ1v) is 7.95. The molecule has 1 heterocycles. The van der Waals surface area contributed by atoms with Crippen LogP contribution in [-0.2, 0) is 12.8 Å². The van der Waals surface area contributed by atoms with E-state index in [1.165, 1.54) is 5.56 Å². The maximum atomic E-state index is 5.36. The summed E-state index contributed by atoms with van der Waals surface area (Å²) in [6, 6.07) is 13.5. The first-order valence-electron chi connectivity index (χ1n) is 7.16. The maximum Gasteiger partial charge on any atom is 0.103 e. The Morgan fingerprint density at radius 3 is 2.50 bits per heavy atom. The Balaban J connectivity index is 1.73. The molecule has 2 rings (SSSR count). The Labute approximate surface area is 129 Å². The van der Waals surface area contributed by atoms with Gasteiger partial charge in [0, 0.05) is 23.0 Å². The van der Waals surface area contributed by atoms with Gasteiger partial charge in [-0.15, -0.1) is 0 Å². The van der Waals surface area contributed by atoms with Gasteiger partial charge in [-0.2, -0.15) is 0 Å². The Hall–Kier alpha value is -1.06. The van der Waals surface area contributed by atoms with E-state index in [1.54, 1.807) is 6.26 Å². The zero-order chi connectivity index (χ0) is 14.4. The summed E-state index contributed by atoms with van der Waals surface area (Å²) in [5.74, 6) is 1.07. The zero-order valence-electron chi connectivity index (χ0n) is 12.1. The molecule has 0 aliphatic heterocycles. The van der Waals surface area contributed by atoms with Crippen LogP contribution in [0.5, 0.6) is 0 Å². The predicted octanol–water partition coefficient (Wildman–Crippen LogP) is 4.58. The van der Waals surface area contributed by atoms with Crippen LogP contribution in [0, 0.1) is 0 Å². The normalized spacial score (nSPS) is 14.2. The van der Waals surface area contributed by atoms with Crippen molar-refractivity contribution in [2.24, 2.45) is 0 Å². The van der Waals surface area contributed by atoms with E-state index < -0.39 is 0 Å². The number of furan rings is 1. The molecule has 2 unspecified atom stereocenters. The number of nitrogens with one attached hydrogen (secondary N) is 1. The van der Waals surface area contributed by atoms with Gasteiger partial charge in [0.05, 0.1) is 6.26 Å². The highest BCUT2D eigenvalue weighted by atomic mass is 79.9. The van der Waals surface area contributed by atoms with Gasteiger partial charge in [0.25, 0.3) is 0 Å². The quantitative estimate of drug-likeness (QED) is 0.800. The van der Waals surface area contributed by atoms with Crippen LogP contribution in [0.4, 0.5) is 0 Å². The molecule has 3 heteroatoms. The lowest BCUT2D eigenvalue weighted by atomic mass is 10.1. The number of rotatable bonds is 7. The Kier molecular flexibility index (Phi) is 5.86. The summed E-state index contributed by atoms with van der Waals surface area (Å²) in [7, 11) is 0. The third-order valence-corrected chi connectivity index (χ3v) is 3.96. The van der Waals surface area contributed by atoms with E-state index in [9.17, 15) is 0 Å². The third-order valence-electron chi connectivity index (χ3n) is 3.43. The van der Waals surface area contributed by atoms with Gasteiger partial charge in [0.2, 0.25) is 0 Å². The summed E-state index contributed by atoms with van der Waals surface area (Å²) in [5.41, 5.74) is 1.37. The number of benzene rings is 1. The number of hydrogen-bond acceptors (Lipinski definition) is 2. The standard InChI is InChI=1S/C17H22BrNO/c1-13(5-10-17-4-3-11-20-17)19-14(2)12-15-6-8-16(18)9-7-15/h3-4,6-9,11,13-14,19H,5,10,12H2,1-2H3. The van der Waals surface area contributed by atoms with Crippen LogP contribution in [0.15, 0.2) is 51.6 Å². The Morgan fingerprint density at radius 2 is 1.85 bits per heavy atom. The van der Waals surface area contributed by atoms with Crippen LogP contribution in [0.25, 0.3) is 0 Å². The van der Waals surface area contributed by atoms with Gasteiger partial charge >= 0.3 is 0 Å². The molecule has 0 amide bonds. The summed E-state index contributed by atoms with van der Waals surface area (Å²) in [4.78, 5) is 0. The summed E-state index contributed by atoms with van der Waals surface area (Å²) in [6.45, 7) is 4.48. The molecule has 1 aromatic carbocycles. The fourth-order valence-corrected chi connectivity index (χ4v) is 2.68. The van der Waals surface area contributed by atoms with Crippen LogP contribution in [0.2, 0.25) is 0 Å². The van der Waals surface area contributed by atoms with Gasteiger partial charge < -0.3 is 9.73 Å². The highest BCUT2D eigenvalue weighted by Crippen LogP contribution is 2.12. The lowest BCUT2D eigenvalue weighted by Crippen LogP contribution is -2.36. The monoisotopic (exact) mass is 335 g/mol. The minimum absolute atomic E-state index is 0.475. The molecule has 0 fully saturated rings. The van der Waals surface area contributed by atoms with Crippen molar-refractivity contribution in [3.05, 3.63) is 58.5 Å². The predicted molar refractivity (Wildman–Crippen MR) is 86.9 cm³/mol. The lowest BCUT2D eigenvalue weighted by Gasteiger charge is -2.20. The molecule has 108 valence electrons. The highest BCUT2D eigenvalue weighted by Gasteiger charge is 2.09. The smallest absolute Gasteiger partial charge is 0.103 e. The van der Waals surface area contributed by atoms with Crippen LogP contribution in [-0.4, -0.2) is 12.1 Å². The summed E-state index contributed by atoms with van der Waals surface area (Å²) < 4.78 is 6.50. The van der Waals surface area contributed by atoms with Crippen molar-refractivity contribution >= 4 is 15.9 Å². The molecule has 0 aliphatic rings. The minimum Gasteiger partial charge on any atom is -0.469 e. The van der Waals surface area contributed by atoms with Gasteiger partial charge in [-0.3, -0.25) is 0 Å². The van der Waals surface area contributed by atoms with E-state index in [4.69, 9.17) is 4.42 Å². The van der Waals surface area contributed by atoms with Crippen LogP contribution in [0.3, 0.4) is 0 Å². The van der Waals surface area contributed by atoms with E-state index in [-0.39, 0.29) is 0 Å². The largest absolute Gasteiger partial charge is 0.469 e. The third kappa shape index (κ3) is 5.14. The molecule has 20 heavy (non-hydrogen) atoms. The fraction of sp³-hybridized carbons (Fsp3) is 0.412. The molecule has 1 aromatic heterocycles. The van der Waals surface area contributed by atoms with Gasteiger partial charge in [-0.05, 0) is 56.5 Å². The lowest BCUT2D eigenvalue weighted by molar-refractivity contribution is 0.423. The Morgan fingerprint density at radius 1 is 1.10 bits per heavy atom. The molecule has 1 N–H and O–H groups in total. The van der Waals surface area contributed by atoms with Crippen molar-refractivity contribution in [3.63, 3.8) is 0 Å². The molecular formula is C17H22BrNO. The van der Waals surface area contributed by atoms with E-state index >= 15 is 0 Å². The minimum atomic E-state index is 0.475. The topological polar surface area (TPSA) is 25.2 Å². The molecule has 0 saturated heterocycles. The molecule has 0 saturated carbocycles. The van der Waals surface area contributed by atoms with Crippen LogP contribution >= 0.6 is 15.9 Å². The molecule has 0 spiro atoms. The number of hydrogen-bond donors (Lipinski definition) is 1.